The van der Waals surface area contributed by atoms with Gasteiger partial charge in [-0.1, -0.05) is 38.3 Å². The molecule has 0 unspecified atom stereocenters. The second-order valence-corrected chi connectivity index (χ2v) is 5.48. The van der Waals surface area contributed by atoms with E-state index in [1.165, 1.54) is 0 Å². The summed E-state index contributed by atoms with van der Waals surface area (Å²) in [4.78, 5) is 2.27. The Kier molecular flexibility index (Phi) is 5.53. The van der Waals surface area contributed by atoms with Crippen LogP contribution < -0.4 is 10.2 Å². The van der Waals surface area contributed by atoms with E-state index in [9.17, 15) is 0 Å². The van der Waals surface area contributed by atoms with Crippen LogP contribution in [0.25, 0.3) is 0 Å². The summed E-state index contributed by atoms with van der Waals surface area (Å²) in [5, 5.41) is 3.44. The van der Waals surface area contributed by atoms with E-state index in [2.05, 4.69) is 37.9 Å². The molecule has 17 heavy (non-hydrogen) atoms. The summed E-state index contributed by atoms with van der Waals surface area (Å²) in [6.45, 7) is 11.7. The van der Waals surface area contributed by atoms with E-state index in [1.807, 2.05) is 0 Å². The number of rotatable bonds is 7. The van der Waals surface area contributed by atoms with Gasteiger partial charge in [0, 0.05) is 21.1 Å². The van der Waals surface area contributed by atoms with Crippen LogP contribution in [0.3, 0.4) is 0 Å². The van der Waals surface area contributed by atoms with Gasteiger partial charge in [0.25, 0.3) is 0 Å². The summed E-state index contributed by atoms with van der Waals surface area (Å²) in [6.07, 6.45) is 1.16. The quantitative estimate of drug-likeness (QED) is 0.731. The minimum Gasteiger partial charge on any atom is -0.382 e. The number of nitrogens with one attached hydrogen (secondary N) is 1. The Morgan fingerprint density at radius 3 is 2.24 bits per heavy atom. The average molecular weight is 272 g/mol. The highest BCUT2D eigenvalue weighted by atomic mass is 32.1. The molecule has 0 spiro atoms. The first kappa shape index (κ1) is 14.6. The predicted molar refractivity (Wildman–Crippen MR) is 84.1 cm³/mol. The van der Waals surface area contributed by atoms with E-state index >= 15 is 0 Å². The van der Waals surface area contributed by atoms with Crippen LogP contribution in [0.5, 0.6) is 0 Å². The van der Waals surface area contributed by atoms with Gasteiger partial charge < -0.3 is 10.2 Å². The maximum absolute atomic E-state index is 5.33. The van der Waals surface area contributed by atoms with Gasteiger partial charge >= 0.3 is 0 Å². The van der Waals surface area contributed by atoms with Crippen molar-refractivity contribution < 1.29 is 1.43 Å². The maximum atomic E-state index is 5.33. The molecule has 0 atom stereocenters. The molecule has 0 radical (unpaired) electrons. The fourth-order valence-electron chi connectivity index (χ4n) is 1.87. The second-order valence-electron chi connectivity index (χ2n) is 4.66. The van der Waals surface area contributed by atoms with Gasteiger partial charge in [-0.05, 0) is 26.2 Å². The molecule has 1 aromatic carbocycles. The second kappa shape index (κ2) is 6.45. The zero-order valence-corrected chi connectivity index (χ0v) is 12.8. The van der Waals surface area contributed by atoms with E-state index in [4.69, 9.17) is 24.4 Å². The molecule has 0 saturated heterocycles. The highest BCUT2D eigenvalue weighted by Gasteiger charge is 2.18. The van der Waals surface area contributed by atoms with Gasteiger partial charge in [0.1, 0.15) is 0 Å². The lowest BCUT2D eigenvalue weighted by Crippen LogP contribution is -2.25. The van der Waals surface area contributed by atoms with Gasteiger partial charge in [0.15, 0.2) is 0 Å². The number of hydrogen-bond donors (Lipinski definition) is 1. The Morgan fingerprint density at radius 1 is 1.18 bits per heavy atom. The predicted octanol–water partition coefficient (Wildman–Crippen LogP) is 4.57. The van der Waals surface area contributed by atoms with Crippen LogP contribution in [0.2, 0.25) is 0 Å². The van der Waals surface area contributed by atoms with Crippen molar-refractivity contribution in [1.82, 2.24) is 0 Å². The SMILES string of the molecule is CCN(CC)c1c(NCCC(C)C)c(=S)c1=S.[HH]. The molecule has 0 fully saturated rings. The van der Waals surface area contributed by atoms with Crippen LogP contribution in [0, 0.1) is 14.9 Å². The smallest absolute Gasteiger partial charge is 0.0834 e. The molecule has 2 nitrogen and oxygen atoms in total. The molecule has 0 saturated carbocycles. The van der Waals surface area contributed by atoms with Crippen LogP contribution in [0.4, 0.5) is 11.4 Å². The third-order valence-electron chi connectivity index (χ3n) is 2.99. The van der Waals surface area contributed by atoms with Gasteiger partial charge in [-0.25, -0.2) is 0 Å². The van der Waals surface area contributed by atoms with Gasteiger partial charge in [-0.3, -0.25) is 0 Å². The van der Waals surface area contributed by atoms with Gasteiger partial charge in [0.2, 0.25) is 0 Å². The first-order chi connectivity index (χ1) is 8.02. The van der Waals surface area contributed by atoms with Gasteiger partial charge in [-0.15, -0.1) is 0 Å². The van der Waals surface area contributed by atoms with E-state index in [0.717, 1.165) is 46.5 Å². The van der Waals surface area contributed by atoms with Crippen molar-refractivity contribution in [2.75, 3.05) is 29.9 Å². The molecule has 0 bridgehead atoms. The Labute approximate surface area is 116 Å². The lowest BCUT2D eigenvalue weighted by Gasteiger charge is -2.27. The molecule has 0 aromatic heterocycles. The fraction of sp³-hybridized carbons (Fsp3) is 0.692. The monoisotopic (exact) mass is 272 g/mol. The van der Waals surface area contributed by atoms with Crippen molar-refractivity contribution in [2.45, 2.75) is 34.1 Å². The first-order valence-corrected chi connectivity index (χ1v) is 7.16. The van der Waals surface area contributed by atoms with Crippen molar-refractivity contribution in [3.63, 3.8) is 0 Å². The highest BCUT2D eigenvalue weighted by molar-refractivity contribution is 7.74. The summed E-state index contributed by atoms with van der Waals surface area (Å²) in [5.74, 6) is 0.709. The molecular formula is C13H24N2S2. The Morgan fingerprint density at radius 2 is 1.76 bits per heavy atom. The van der Waals surface area contributed by atoms with Crippen LogP contribution in [0.1, 0.15) is 35.5 Å². The minimum absolute atomic E-state index is 0. The summed E-state index contributed by atoms with van der Waals surface area (Å²) in [6, 6.07) is 0. The van der Waals surface area contributed by atoms with Gasteiger partial charge in [0.05, 0.1) is 20.4 Å². The van der Waals surface area contributed by atoms with E-state index in [0.29, 0.717) is 5.92 Å². The Hall–Kier alpha value is -0.480. The highest BCUT2D eigenvalue weighted by Crippen LogP contribution is 2.35. The molecule has 0 aliphatic heterocycles. The Bertz CT molecular complexity index is 432. The van der Waals surface area contributed by atoms with Crippen molar-refractivity contribution in [3.8, 4) is 0 Å². The number of anilines is 2. The molecule has 1 rings (SSSR count). The zero-order valence-electron chi connectivity index (χ0n) is 11.2. The molecule has 4 heteroatoms. The molecule has 1 aromatic rings. The molecule has 0 aliphatic rings. The third-order valence-corrected chi connectivity index (χ3v) is 3.92. The number of nitrogens with zero attached hydrogens (tertiary/aromatic N) is 1. The normalized spacial score (nSPS) is 11.1. The third kappa shape index (κ3) is 3.26. The van der Waals surface area contributed by atoms with Crippen LogP contribution in [-0.4, -0.2) is 19.6 Å². The van der Waals surface area contributed by atoms with Crippen LogP contribution in [-0.2, 0) is 0 Å². The zero-order chi connectivity index (χ0) is 13.0. The van der Waals surface area contributed by atoms with Crippen LogP contribution in [0.15, 0.2) is 0 Å². The largest absolute Gasteiger partial charge is 0.382 e. The first-order valence-electron chi connectivity index (χ1n) is 6.35. The summed E-state index contributed by atoms with van der Waals surface area (Å²) in [7, 11) is 0. The van der Waals surface area contributed by atoms with Crippen molar-refractivity contribution in [2.24, 2.45) is 5.92 Å². The molecule has 0 heterocycles. The minimum atomic E-state index is 0. The Balaban J connectivity index is 0.00000289. The molecule has 1 N–H and O–H groups in total. The lowest BCUT2D eigenvalue weighted by molar-refractivity contribution is 0.607. The van der Waals surface area contributed by atoms with E-state index in [1.54, 1.807) is 0 Å². The van der Waals surface area contributed by atoms with Crippen LogP contribution >= 0.6 is 24.4 Å². The standard InChI is InChI=1S/C13H22N2S2.H2/c1-5-15(6-2)11-10(12(16)13(11)17)14-8-7-9(3)4;/h9,14H,5-8H2,1-4H3;1H. The van der Waals surface area contributed by atoms with Crippen molar-refractivity contribution >= 4 is 35.8 Å². The number of hydrogen-bond acceptors (Lipinski definition) is 4. The summed E-state index contributed by atoms with van der Waals surface area (Å²) in [5.41, 5.74) is 2.24. The molecule has 0 aliphatic carbocycles. The van der Waals surface area contributed by atoms with Crippen molar-refractivity contribution in [1.29, 1.82) is 0 Å². The lowest BCUT2D eigenvalue weighted by atomic mass is 10.1. The van der Waals surface area contributed by atoms with E-state index in [-0.39, 0.29) is 1.43 Å². The van der Waals surface area contributed by atoms with E-state index < -0.39 is 0 Å². The summed E-state index contributed by atoms with van der Waals surface area (Å²) >= 11 is 10.6. The summed E-state index contributed by atoms with van der Waals surface area (Å²) < 4.78 is 1.70. The topological polar surface area (TPSA) is 15.3 Å². The maximum Gasteiger partial charge on any atom is 0.0834 e. The van der Waals surface area contributed by atoms with Crippen molar-refractivity contribution in [3.05, 3.63) is 9.02 Å². The molecule has 98 valence electrons. The fourth-order valence-corrected chi connectivity index (χ4v) is 2.47. The average Bonchev–Trinajstić information content (AvgIpc) is 2.31. The molecule has 0 amide bonds. The molecular weight excluding hydrogens is 248 g/mol. The van der Waals surface area contributed by atoms with Gasteiger partial charge in [-0.2, -0.15) is 0 Å².